The Hall–Kier alpha value is -1.21. The van der Waals surface area contributed by atoms with E-state index in [1.165, 1.54) is 4.31 Å². The van der Waals surface area contributed by atoms with E-state index in [4.69, 9.17) is 5.73 Å². The molecule has 1 aliphatic rings. The van der Waals surface area contributed by atoms with Gasteiger partial charge in [-0.15, -0.1) is 0 Å². The molecule has 4 nitrogen and oxygen atoms in total. The maximum Gasteiger partial charge on any atom is 0.246 e. The molecule has 0 aliphatic carbocycles. The summed E-state index contributed by atoms with van der Waals surface area (Å²) in [6.07, 6.45) is 2.38. The summed E-state index contributed by atoms with van der Waals surface area (Å²) in [5.74, 6) is -2.07. The number of nitrogens with two attached hydrogens (primary N) is 1. The van der Waals surface area contributed by atoms with Crippen molar-refractivity contribution in [2.75, 3.05) is 5.73 Å². The Morgan fingerprint density at radius 1 is 1.15 bits per heavy atom. The molecule has 0 saturated carbocycles. The molecule has 0 unspecified atom stereocenters. The van der Waals surface area contributed by atoms with Gasteiger partial charge in [0.2, 0.25) is 10.0 Å². The van der Waals surface area contributed by atoms with Gasteiger partial charge in [0.25, 0.3) is 0 Å². The molecular weight excluding hydrogens is 286 g/mol. The predicted molar refractivity (Wildman–Crippen MR) is 72.6 cm³/mol. The molecule has 112 valence electrons. The normalized spacial score (nSPS) is 24.8. The summed E-state index contributed by atoms with van der Waals surface area (Å²) >= 11 is 0. The molecule has 20 heavy (non-hydrogen) atoms. The second-order valence-corrected chi connectivity index (χ2v) is 7.08. The first-order chi connectivity index (χ1) is 9.25. The molecule has 0 bridgehead atoms. The van der Waals surface area contributed by atoms with Crippen LogP contribution in [0.1, 0.15) is 33.1 Å². The Balaban J connectivity index is 2.52. The zero-order chi connectivity index (χ0) is 15.1. The molecule has 2 N–H and O–H groups in total. The van der Waals surface area contributed by atoms with Crippen LogP contribution in [0.25, 0.3) is 0 Å². The molecule has 2 atom stereocenters. The smallest absolute Gasteiger partial charge is 0.246 e. The largest absolute Gasteiger partial charge is 0.396 e. The fourth-order valence-corrected chi connectivity index (χ4v) is 4.69. The lowest BCUT2D eigenvalue weighted by atomic mass is 10.0. The lowest BCUT2D eigenvalue weighted by Gasteiger charge is -2.37. The van der Waals surface area contributed by atoms with E-state index >= 15 is 0 Å². The van der Waals surface area contributed by atoms with Crippen molar-refractivity contribution in [3.05, 3.63) is 23.8 Å². The van der Waals surface area contributed by atoms with Gasteiger partial charge in [-0.25, -0.2) is 17.2 Å². The van der Waals surface area contributed by atoms with Gasteiger partial charge >= 0.3 is 0 Å². The number of halogens is 2. The first-order valence-corrected chi connectivity index (χ1v) is 7.97. The predicted octanol–water partition coefficient (Wildman–Crippen LogP) is 2.50. The zero-order valence-corrected chi connectivity index (χ0v) is 12.3. The minimum atomic E-state index is -4.02. The van der Waals surface area contributed by atoms with Gasteiger partial charge in [-0.3, -0.25) is 0 Å². The lowest BCUT2D eigenvalue weighted by Crippen LogP contribution is -2.47. The molecule has 1 aromatic rings. The zero-order valence-electron chi connectivity index (χ0n) is 11.4. The lowest BCUT2D eigenvalue weighted by molar-refractivity contribution is 0.203. The van der Waals surface area contributed by atoms with E-state index in [1.54, 1.807) is 13.8 Å². The van der Waals surface area contributed by atoms with Gasteiger partial charge in [0.1, 0.15) is 16.5 Å². The Morgan fingerprint density at radius 3 is 2.25 bits per heavy atom. The average molecular weight is 304 g/mol. The van der Waals surface area contributed by atoms with Crippen LogP contribution in [0.2, 0.25) is 0 Å². The van der Waals surface area contributed by atoms with Crippen LogP contribution in [0.4, 0.5) is 14.5 Å². The molecule has 7 heteroatoms. The Kier molecular flexibility index (Phi) is 4.02. The van der Waals surface area contributed by atoms with Gasteiger partial charge in [-0.2, -0.15) is 4.31 Å². The van der Waals surface area contributed by atoms with E-state index in [-0.39, 0.29) is 17.8 Å². The minimum absolute atomic E-state index is 0.213. The molecule has 1 aromatic carbocycles. The van der Waals surface area contributed by atoms with E-state index in [0.717, 1.165) is 25.3 Å². The van der Waals surface area contributed by atoms with Gasteiger partial charge in [-0.05, 0) is 32.8 Å². The second kappa shape index (κ2) is 5.29. The second-order valence-electron chi connectivity index (χ2n) is 5.27. The van der Waals surface area contributed by atoms with Crippen LogP contribution < -0.4 is 5.73 Å². The maximum absolute atomic E-state index is 13.8. The summed E-state index contributed by atoms with van der Waals surface area (Å²) < 4.78 is 53.5. The molecular formula is C13H18F2N2O2S. The van der Waals surface area contributed by atoms with Crippen LogP contribution >= 0.6 is 0 Å². The molecule has 1 fully saturated rings. The van der Waals surface area contributed by atoms with Crippen molar-refractivity contribution in [3.8, 4) is 0 Å². The van der Waals surface area contributed by atoms with Crippen molar-refractivity contribution in [3.63, 3.8) is 0 Å². The summed E-state index contributed by atoms with van der Waals surface area (Å²) in [4.78, 5) is -0.558. The van der Waals surface area contributed by atoms with Crippen LogP contribution in [-0.2, 0) is 10.0 Å². The van der Waals surface area contributed by atoms with Crippen molar-refractivity contribution in [1.82, 2.24) is 4.31 Å². The summed E-state index contributed by atoms with van der Waals surface area (Å²) in [7, 11) is -4.02. The van der Waals surface area contributed by atoms with Crippen LogP contribution in [0.3, 0.4) is 0 Å². The molecule has 0 amide bonds. The Labute approximate surface area is 117 Å². The van der Waals surface area contributed by atoms with Gasteiger partial charge < -0.3 is 5.73 Å². The third-order valence-corrected chi connectivity index (χ3v) is 5.86. The monoisotopic (exact) mass is 304 g/mol. The van der Waals surface area contributed by atoms with E-state index in [9.17, 15) is 17.2 Å². The van der Waals surface area contributed by atoms with Crippen molar-refractivity contribution in [2.24, 2.45) is 0 Å². The Bertz CT molecular complexity index is 609. The number of piperidine rings is 1. The number of hydrogen-bond acceptors (Lipinski definition) is 3. The molecule has 1 heterocycles. The summed E-state index contributed by atoms with van der Waals surface area (Å²) in [6, 6.07) is 0.944. The number of anilines is 1. The molecule has 2 rings (SSSR count). The highest BCUT2D eigenvalue weighted by Gasteiger charge is 2.37. The van der Waals surface area contributed by atoms with Crippen molar-refractivity contribution in [1.29, 1.82) is 0 Å². The van der Waals surface area contributed by atoms with E-state index < -0.39 is 26.6 Å². The fourth-order valence-electron chi connectivity index (χ4n) is 2.73. The standard InChI is InChI=1S/C13H18F2N2O2S/c1-8-4-3-5-9(2)17(8)20(18,19)13-7-12(16)10(14)6-11(13)15/h6-9H,3-5,16H2,1-2H3/t8-,9+. The number of benzene rings is 1. The van der Waals surface area contributed by atoms with Gasteiger partial charge in [0, 0.05) is 18.2 Å². The number of nitrogen functional groups attached to an aromatic ring is 1. The van der Waals surface area contributed by atoms with E-state index in [2.05, 4.69) is 0 Å². The van der Waals surface area contributed by atoms with Crippen LogP contribution in [0.5, 0.6) is 0 Å². The van der Waals surface area contributed by atoms with E-state index in [1.807, 2.05) is 0 Å². The van der Waals surface area contributed by atoms with Gasteiger partial charge in [0.05, 0.1) is 5.69 Å². The van der Waals surface area contributed by atoms with Gasteiger partial charge in [-0.1, -0.05) is 6.42 Å². The third kappa shape index (κ3) is 2.52. The number of rotatable bonds is 2. The molecule has 1 aliphatic heterocycles. The number of sulfonamides is 1. The Morgan fingerprint density at radius 2 is 1.70 bits per heavy atom. The SMILES string of the molecule is C[C@@H]1CCC[C@H](C)N1S(=O)(=O)c1cc(N)c(F)cc1F. The molecule has 0 spiro atoms. The highest BCUT2D eigenvalue weighted by molar-refractivity contribution is 7.89. The highest BCUT2D eigenvalue weighted by atomic mass is 32.2. The maximum atomic E-state index is 13.8. The highest BCUT2D eigenvalue weighted by Crippen LogP contribution is 2.31. The van der Waals surface area contributed by atoms with Crippen molar-refractivity contribution in [2.45, 2.75) is 50.1 Å². The minimum Gasteiger partial charge on any atom is -0.396 e. The topological polar surface area (TPSA) is 63.4 Å². The van der Waals surface area contributed by atoms with Crippen LogP contribution in [0, 0.1) is 11.6 Å². The number of hydrogen-bond donors (Lipinski definition) is 1. The van der Waals surface area contributed by atoms with Crippen LogP contribution in [-0.4, -0.2) is 24.8 Å². The third-order valence-electron chi connectivity index (χ3n) is 3.72. The number of nitrogens with zero attached hydrogens (tertiary/aromatic N) is 1. The van der Waals surface area contributed by atoms with Gasteiger partial charge in [0.15, 0.2) is 0 Å². The fraction of sp³-hybridized carbons (Fsp3) is 0.538. The summed E-state index contributed by atoms with van der Waals surface area (Å²) in [6.45, 7) is 3.58. The molecule has 1 saturated heterocycles. The average Bonchev–Trinajstić information content (AvgIpc) is 2.33. The molecule has 0 aromatic heterocycles. The van der Waals surface area contributed by atoms with E-state index in [0.29, 0.717) is 6.07 Å². The first-order valence-electron chi connectivity index (χ1n) is 6.53. The quantitative estimate of drug-likeness (QED) is 0.854. The van der Waals surface area contributed by atoms with Crippen molar-refractivity contribution < 1.29 is 17.2 Å². The summed E-state index contributed by atoms with van der Waals surface area (Å²) in [5, 5.41) is 0. The molecule has 0 radical (unpaired) electrons. The first kappa shape index (κ1) is 15.2. The summed E-state index contributed by atoms with van der Waals surface area (Å²) in [5.41, 5.74) is 4.99. The van der Waals surface area contributed by atoms with Crippen LogP contribution in [0.15, 0.2) is 17.0 Å². The van der Waals surface area contributed by atoms with Crippen molar-refractivity contribution >= 4 is 15.7 Å².